The summed E-state index contributed by atoms with van der Waals surface area (Å²) in [5.41, 5.74) is 0.259. The van der Waals surface area contributed by atoms with Crippen LogP contribution < -0.4 is 0 Å². The van der Waals surface area contributed by atoms with Crippen LogP contribution in [0, 0.1) is 17.8 Å². The first kappa shape index (κ1) is 18.0. The summed E-state index contributed by atoms with van der Waals surface area (Å²) in [6.45, 7) is 6.65. The molecule has 2 unspecified atom stereocenters. The molecule has 6 aliphatic rings. The molecule has 0 saturated carbocycles. The summed E-state index contributed by atoms with van der Waals surface area (Å²) in [5, 5.41) is 9.87. The fourth-order valence-corrected chi connectivity index (χ4v) is 7.21. The minimum Gasteiger partial charge on any atom is -0.492 e. The molecule has 6 heterocycles. The van der Waals surface area contributed by atoms with Gasteiger partial charge < -0.3 is 24.1 Å². The highest BCUT2D eigenvalue weighted by atomic mass is 16.7. The number of carbonyl (C=O) groups is 1. The van der Waals surface area contributed by atoms with E-state index in [0.717, 1.165) is 19.4 Å². The van der Waals surface area contributed by atoms with Crippen LogP contribution in [0.4, 0.5) is 0 Å². The predicted molar refractivity (Wildman–Crippen MR) is 101 cm³/mol. The first-order valence-electron chi connectivity index (χ1n) is 10.6. The number of ether oxygens (including phenoxy) is 4. The van der Waals surface area contributed by atoms with Gasteiger partial charge in [-0.3, -0.25) is 4.90 Å². The Labute approximate surface area is 169 Å². The average molecular weight is 401 g/mol. The van der Waals surface area contributed by atoms with Gasteiger partial charge in [0.15, 0.2) is 5.76 Å². The molecule has 9 atom stereocenters. The molecule has 7 nitrogen and oxygen atoms in total. The maximum atomic E-state index is 12.2. The number of aliphatic hydroxyl groups excluding tert-OH is 1. The molecular weight excluding hydrogens is 374 g/mol. The van der Waals surface area contributed by atoms with Gasteiger partial charge in [0.2, 0.25) is 11.5 Å². The van der Waals surface area contributed by atoms with Gasteiger partial charge in [-0.1, -0.05) is 19.1 Å². The number of aliphatic hydroxyl groups is 1. The van der Waals surface area contributed by atoms with E-state index in [0.29, 0.717) is 28.9 Å². The number of hydrogen-bond acceptors (Lipinski definition) is 7. The summed E-state index contributed by atoms with van der Waals surface area (Å²) in [6.07, 6.45) is 5.59. The lowest BCUT2D eigenvalue weighted by molar-refractivity contribution is -0.255. The van der Waals surface area contributed by atoms with Crippen LogP contribution in [-0.4, -0.2) is 59.2 Å². The number of nitrogens with zero attached hydrogens (tertiary/aromatic N) is 1. The molecule has 5 fully saturated rings. The molecule has 1 spiro atoms. The Morgan fingerprint density at radius 2 is 2.21 bits per heavy atom. The van der Waals surface area contributed by atoms with Crippen molar-refractivity contribution >= 4 is 5.97 Å². The van der Waals surface area contributed by atoms with Gasteiger partial charge in [-0.2, -0.15) is 0 Å². The summed E-state index contributed by atoms with van der Waals surface area (Å²) < 4.78 is 24.4. The van der Waals surface area contributed by atoms with Crippen LogP contribution in [0.5, 0.6) is 0 Å². The number of rotatable bonds is 3. The van der Waals surface area contributed by atoms with Crippen LogP contribution in [-0.2, 0) is 23.7 Å². The maximum Gasteiger partial charge on any atom is 0.343 e. The van der Waals surface area contributed by atoms with Gasteiger partial charge in [0.1, 0.15) is 5.76 Å². The van der Waals surface area contributed by atoms with Crippen LogP contribution in [0.15, 0.2) is 35.0 Å². The molecule has 156 valence electrons. The zero-order valence-electron chi connectivity index (χ0n) is 17.2. The quantitative estimate of drug-likeness (QED) is 0.571. The molecule has 0 aliphatic carbocycles. The third-order valence-electron chi connectivity index (χ3n) is 8.12. The monoisotopic (exact) mass is 401 g/mol. The topological polar surface area (TPSA) is 77.5 Å². The van der Waals surface area contributed by atoms with Crippen molar-refractivity contribution in [3.05, 3.63) is 35.0 Å². The number of methoxy groups -OCH3 is 1. The number of piperidine rings is 1. The van der Waals surface area contributed by atoms with E-state index < -0.39 is 11.9 Å². The highest BCUT2D eigenvalue weighted by molar-refractivity contribution is 5.93. The summed E-state index contributed by atoms with van der Waals surface area (Å²) in [4.78, 5) is 14.8. The first-order chi connectivity index (χ1) is 13.8. The van der Waals surface area contributed by atoms with E-state index in [1.165, 1.54) is 0 Å². The standard InChI is InChI=1S/C22H27NO6/c1-10(24)5-7-21-14-6-8-23(21)13-9-15(21)28-22(14)16(13)11(2)18(29-22)19-17(26-4)12(3)20(25)27-19/h5,7,10-11,13-16,24H,6,8-9H2,1-4H3/b7-5+,19-18-/t10?,11-,13-,14-,15-,16+,21-,22+/m0/s1. The Morgan fingerprint density at radius 1 is 1.41 bits per heavy atom. The molecule has 5 saturated heterocycles. The van der Waals surface area contributed by atoms with E-state index in [1.54, 1.807) is 21.0 Å². The molecule has 6 aliphatic heterocycles. The van der Waals surface area contributed by atoms with Crippen LogP contribution in [0.1, 0.15) is 33.6 Å². The molecule has 1 N–H and O–H groups in total. The van der Waals surface area contributed by atoms with Gasteiger partial charge in [0, 0.05) is 18.5 Å². The number of fused-ring (bicyclic) bond motifs is 1. The van der Waals surface area contributed by atoms with E-state index in [2.05, 4.69) is 17.9 Å². The van der Waals surface area contributed by atoms with Crippen molar-refractivity contribution in [1.29, 1.82) is 0 Å². The van der Waals surface area contributed by atoms with E-state index in [4.69, 9.17) is 18.9 Å². The minimum absolute atomic E-state index is 0.0553. The fraction of sp³-hybridized carbons (Fsp3) is 0.682. The second kappa shape index (κ2) is 5.45. The average Bonchev–Trinajstić information content (AvgIpc) is 3.38. The van der Waals surface area contributed by atoms with E-state index >= 15 is 0 Å². The zero-order chi connectivity index (χ0) is 20.3. The highest BCUT2D eigenvalue weighted by Crippen LogP contribution is 2.72. The number of carbonyl (C=O) groups excluding carboxylic acids is 1. The summed E-state index contributed by atoms with van der Waals surface area (Å²) in [6, 6.07) is 0.354. The van der Waals surface area contributed by atoms with Crippen molar-refractivity contribution in [1.82, 2.24) is 4.90 Å². The Morgan fingerprint density at radius 3 is 2.93 bits per heavy atom. The zero-order valence-corrected chi connectivity index (χ0v) is 17.2. The summed E-state index contributed by atoms with van der Waals surface area (Å²) >= 11 is 0. The second-order valence-corrected chi connectivity index (χ2v) is 9.31. The molecule has 0 aromatic carbocycles. The number of hydrogen-bond donors (Lipinski definition) is 1. The van der Waals surface area contributed by atoms with Gasteiger partial charge in [-0.05, 0) is 26.7 Å². The van der Waals surface area contributed by atoms with Gasteiger partial charge in [0.05, 0.1) is 42.3 Å². The van der Waals surface area contributed by atoms with Crippen molar-refractivity contribution in [3.8, 4) is 0 Å². The first-order valence-corrected chi connectivity index (χ1v) is 10.6. The Kier molecular flexibility index (Phi) is 3.38. The summed E-state index contributed by atoms with van der Waals surface area (Å²) in [5.74, 6) is 0.884. The summed E-state index contributed by atoms with van der Waals surface area (Å²) in [7, 11) is 1.55. The van der Waals surface area contributed by atoms with Crippen molar-refractivity contribution in [2.24, 2.45) is 17.8 Å². The molecule has 0 aromatic heterocycles. The van der Waals surface area contributed by atoms with Gasteiger partial charge in [0.25, 0.3) is 0 Å². The molecular formula is C22H27NO6. The number of esters is 1. The van der Waals surface area contributed by atoms with Crippen LogP contribution in [0.2, 0.25) is 0 Å². The van der Waals surface area contributed by atoms with Crippen molar-refractivity contribution < 1.29 is 28.8 Å². The molecule has 0 amide bonds. The molecule has 7 heteroatoms. The smallest absolute Gasteiger partial charge is 0.343 e. The Bertz CT molecular complexity index is 905. The van der Waals surface area contributed by atoms with E-state index in [9.17, 15) is 9.90 Å². The van der Waals surface area contributed by atoms with Crippen LogP contribution in [0.25, 0.3) is 0 Å². The van der Waals surface area contributed by atoms with Crippen molar-refractivity contribution in [2.45, 2.75) is 63.2 Å². The minimum atomic E-state index is -0.701. The molecule has 6 rings (SSSR count). The van der Waals surface area contributed by atoms with Gasteiger partial charge in [-0.25, -0.2) is 4.79 Å². The van der Waals surface area contributed by atoms with E-state index in [-0.39, 0.29) is 35.4 Å². The van der Waals surface area contributed by atoms with Crippen LogP contribution in [0.3, 0.4) is 0 Å². The largest absolute Gasteiger partial charge is 0.492 e. The van der Waals surface area contributed by atoms with Crippen molar-refractivity contribution in [2.75, 3.05) is 13.7 Å². The van der Waals surface area contributed by atoms with Crippen LogP contribution >= 0.6 is 0 Å². The molecule has 0 aromatic rings. The normalized spacial score (nSPS) is 52.5. The third kappa shape index (κ3) is 1.84. The Hall–Kier alpha value is -1.83. The lowest BCUT2D eigenvalue weighted by atomic mass is 9.71. The fourth-order valence-electron chi connectivity index (χ4n) is 7.21. The van der Waals surface area contributed by atoms with Crippen molar-refractivity contribution in [3.63, 3.8) is 0 Å². The third-order valence-corrected chi connectivity index (χ3v) is 8.12. The number of allylic oxidation sites excluding steroid dienone is 1. The predicted octanol–water partition coefficient (Wildman–Crippen LogP) is 1.84. The second-order valence-electron chi connectivity index (χ2n) is 9.31. The SMILES string of the molecule is COC1=C(C)C(=O)O/C1=C1\O[C@@]23O[C@H]4C[C@@H]([C@H]2[C@@H]1C)N1CC[C@H]3[C@@]41/C=C/C(C)O. The maximum absolute atomic E-state index is 12.2. The lowest BCUT2D eigenvalue weighted by Gasteiger charge is -2.47. The number of cyclic esters (lactones) is 1. The highest BCUT2D eigenvalue weighted by Gasteiger charge is 2.83. The Balaban J connectivity index is 1.47. The molecule has 29 heavy (non-hydrogen) atoms. The molecule has 5 bridgehead atoms. The lowest BCUT2D eigenvalue weighted by Crippen LogP contribution is -2.60. The van der Waals surface area contributed by atoms with Gasteiger partial charge >= 0.3 is 5.97 Å². The van der Waals surface area contributed by atoms with E-state index in [1.807, 2.05) is 6.08 Å². The van der Waals surface area contributed by atoms with Gasteiger partial charge in [-0.15, -0.1) is 0 Å². The molecule has 0 radical (unpaired) electrons.